The molecule has 0 atom stereocenters. The Morgan fingerprint density at radius 1 is 1.48 bits per heavy atom. The van der Waals surface area contributed by atoms with E-state index in [2.05, 4.69) is 5.32 Å². The van der Waals surface area contributed by atoms with E-state index in [0.717, 1.165) is 28.2 Å². The number of rotatable bonds is 6. The zero-order valence-corrected chi connectivity index (χ0v) is 13.0. The van der Waals surface area contributed by atoms with Crippen LogP contribution in [0.25, 0.3) is 10.1 Å². The van der Waals surface area contributed by atoms with Gasteiger partial charge in [-0.1, -0.05) is 11.6 Å². The van der Waals surface area contributed by atoms with Gasteiger partial charge in [0.05, 0.1) is 12.3 Å². The van der Waals surface area contributed by atoms with E-state index in [-0.39, 0.29) is 5.91 Å². The average molecular weight is 304 g/mol. The van der Waals surface area contributed by atoms with Crippen LogP contribution in [-0.4, -0.2) is 25.7 Å². The first-order chi connectivity index (χ1) is 10.1. The third-order valence-electron chi connectivity index (χ3n) is 3.67. The van der Waals surface area contributed by atoms with Crippen molar-refractivity contribution in [2.24, 2.45) is 5.92 Å². The van der Waals surface area contributed by atoms with E-state index in [0.29, 0.717) is 23.7 Å². The van der Waals surface area contributed by atoms with Crippen LogP contribution >= 0.6 is 11.3 Å². The van der Waals surface area contributed by atoms with Crippen molar-refractivity contribution in [2.75, 3.05) is 25.5 Å². The molecule has 3 N–H and O–H groups in total. The Morgan fingerprint density at radius 3 is 3.05 bits per heavy atom. The molecule has 2 aromatic rings. The molecule has 1 aromatic carbocycles. The number of nitrogens with two attached hydrogens (primary N) is 1. The molecule has 112 valence electrons. The number of benzene rings is 1. The minimum atomic E-state index is -0.110. The summed E-state index contributed by atoms with van der Waals surface area (Å²) in [6, 6.07) is 6.07. The van der Waals surface area contributed by atoms with Gasteiger partial charge in [0.2, 0.25) is 0 Å². The third-order valence-corrected chi connectivity index (χ3v) is 4.86. The molecule has 0 aliphatic heterocycles. The number of aryl methyl sites for hydroxylation is 1. The number of hydrogen-bond acceptors (Lipinski definition) is 4. The van der Waals surface area contributed by atoms with Gasteiger partial charge in [-0.25, -0.2) is 0 Å². The number of thiophene rings is 1. The minimum absolute atomic E-state index is 0.110. The highest BCUT2D eigenvalue weighted by Gasteiger charge is 2.21. The number of fused-ring (bicyclic) bond motifs is 1. The first-order valence-electron chi connectivity index (χ1n) is 7.29. The molecule has 1 fully saturated rings. The van der Waals surface area contributed by atoms with Gasteiger partial charge in [-0.05, 0) is 37.8 Å². The Morgan fingerprint density at radius 2 is 2.29 bits per heavy atom. The molecule has 3 rings (SSSR count). The molecule has 21 heavy (non-hydrogen) atoms. The van der Waals surface area contributed by atoms with Crippen LogP contribution in [0.5, 0.6) is 0 Å². The fourth-order valence-electron chi connectivity index (χ4n) is 2.25. The molecule has 0 unspecified atom stereocenters. The largest absolute Gasteiger partial charge is 0.397 e. The summed E-state index contributed by atoms with van der Waals surface area (Å²) in [7, 11) is 0. The van der Waals surface area contributed by atoms with Gasteiger partial charge in [-0.15, -0.1) is 11.3 Å². The topological polar surface area (TPSA) is 64.3 Å². The molecule has 1 amide bonds. The predicted molar refractivity (Wildman–Crippen MR) is 86.9 cm³/mol. The van der Waals surface area contributed by atoms with Gasteiger partial charge in [0.25, 0.3) is 5.91 Å². The summed E-state index contributed by atoms with van der Waals surface area (Å²) in [6.45, 7) is 3.93. The lowest BCUT2D eigenvalue weighted by molar-refractivity contribution is 0.0911. The van der Waals surface area contributed by atoms with Gasteiger partial charge in [-0.2, -0.15) is 0 Å². The molecule has 4 nitrogen and oxygen atoms in total. The predicted octanol–water partition coefficient (Wildman–Crippen LogP) is 2.95. The van der Waals surface area contributed by atoms with Crippen molar-refractivity contribution >= 4 is 33.0 Å². The van der Waals surface area contributed by atoms with Crippen LogP contribution in [0.4, 0.5) is 5.69 Å². The fraction of sp³-hybridized carbons (Fsp3) is 0.438. The number of ether oxygens (including phenoxy) is 1. The Kier molecular flexibility index (Phi) is 4.12. The Bertz CT molecular complexity index is 662. The molecule has 0 bridgehead atoms. The quantitative estimate of drug-likeness (QED) is 0.806. The van der Waals surface area contributed by atoms with Crippen molar-refractivity contribution < 1.29 is 9.53 Å². The molecule has 1 heterocycles. The molecule has 1 saturated carbocycles. The van der Waals surface area contributed by atoms with E-state index in [1.165, 1.54) is 24.2 Å². The molecule has 1 aromatic heterocycles. The van der Waals surface area contributed by atoms with E-state index in [4.69, 9.17) is 10.5 Å². The maximum absolute atomic E-state index is 12.2. The standard InChI is InChI=1S/C16H20N2O2S/c1-10-2-5-13-12(8-10)14(17)15(21-13)16(19)18-6-7-20-9-11-3-4-11/h2,5,8,11H,3-4,6-7,9,17H2,1H3,(H,18,19). The first-order valence-corrected chi connectivity index (χ1v) is 8.11. The maximum Gasteiger partial charge on any atom is 0.263 e. The van der Waals surface area contributed by atoms with Crippen molar-refractivity contribution in [3.05, 3.63) is 28.6 Å². The minimum Gasteiger partial charge on any atom is -0.397 e. The van der Waals surface area contributed by atoms with E-state index >= 15 is 0 Å². The van der Waals surface area contributed by atoms with Gasteiger partial charge in [0.1, 0.15) is 4.88 Å². The third kappa shape index (κ3) is 3.36. The molecule has 0 radical (unpaired) electrons. The van der Waals surface area contributed by atoms with Crippen LogP contribution < -0.4 is 11.1 Å². The smallest absolute Gasteiger partial charge is 0.263 e. The Balaban J connectivity index is 1.59. The number of amides is 1. The molecule has 0 spiro atoms. The van der Waals surface area contributed by atoms with Gasteiger partial charge in [0.15, 0.2) is 0 Å². The number of carbonyl (C=O) groups excluding carboxylic acids is 1. The second kappa shape index (κ2) is 6.03. The SMILES string of the molecule is Cc1ccc2sc(C(=O)NCCOCC3CC3)c(N)c2c1. The highest BCUT2D eigenvalue weighted by atomic mass is 32.1. The maximum atomic E-state index is 12.2. The number of nitrogens with one attached hydrogen (secondary N) is 1. The summed E-state index contributed by atoms with van der Waals surface area (Å²) in [5, 5.41) is 3.84. The summed E-state index contributed by atoms with van der Waals surface area (Å²) < 4.78 is 6.56. The van der Waals surface area contributed by atoms with Crippen molar-refractivity contribution in [2.45, 2.75) is 19.8 Å². The van der Waals surface area contributed by atoms with E-state index in [1.54, 1.807) is 0 Å². The highest BCUT2D eigenvalue weighted by molar-refractivity contribution is 7.21. The lowest BCUT2D eigenvalue weighted by atomic mass is 10.1. The molecule has 5 heteroatoms. The average Bonchev–Trinajstić information content (AvgIpc) is 3.23. The monoisotopic (exact) mass is 304 g/mol. The van der Waals surface area contributed by atoms with E-state index < -0.39 is 0 Å². The van der Waals surface area contributed by atoms with Crippen LogP contribution in [0, 0.1) is 12.8 Å². The van der Waals surface area contributed by atoms with Crippen LogP contribution in [0.3, 0.4) is 0 Å². The van der Waals surface area contributed by atoms with Crippen molar-refractivity contribution in [3.63, 3.8) is 0 Å². The van der Waals surface area contributed by atoms with Gasteiger partial charge in [0, 0.05) is 23.2 Å². The van der Waals surface area contributed by atoms with Gasteiger partial charge in [-0.3, -0.25) is 4.79 Å². The van der Waals surface area contributed by atoms with Gasteiger partial charge >= 0.3 is 0 Å². The van der Waals surface area contributed by atoms with Crippen LogP contribution in [-0.2, 0) is 4.74 Å². The molecular formula is C16H20N2O2S. The molecule has 0 saturated heterocycles. The molecular weight excluding hydrogens is 284 g/mol. The highest BCUT2D eigenvalue weighted by Crippen LogP contribution is 2.34. The van der Waals surface area contributed by atoms with Crippen molar-refractivity contribution in [1.29, 1.82) is 0 Å². The summed E-state index contributed by atoms with van der Waals surface area (Å²) in [6.07, 6.45) is 2.56. The van der Waals surface area contributed by atoms with E-state index in [9.17, 15) is 4.79 Å². The second-order valence-electron chi connectivity index (χ2n) is 5.62. The summed E-state index contributed by atoms with van der Waals surface area (Å²) >= 11 is 1.44. The summed E-state index contributed by atoms with van der Waals surface area (Å²) in [4.78, 5) is 12.8. The van der Waals surface area contributed by atoms with Crippen LogP contribution in [0.15, 0.2) is 18.2 Å². The second-order valence-corrected chi connectivity index (χ2v) is 6.67. The molecule has 1 aliphatic rings. The van der Waals surface area contributed by atoms with Gasteiger partial charge < -0.3 is 15.8 Å². The first kappa shape index (κ1) is 14.4. The number of carbonyl (C=O) groups is 1. The summed E-state index contributed by atoms with van der Waals surface area (Å²) in [5.74, 6) is 0.642. The molecule has 1 aliphatic carbocycles. The number of hydrogen-bond donors (Lipinski definition) is 2. The number of nitrogen functional groups attached to an aromatic ring is 1. The van der Waals surface area contributed by atoms with Crippen LogP contribution in [0.2, 0.25) is 0 Å². The number of anilines is 1. The Labute approximate surface area is 128 Å². The normalized spacial score (nSPS) is 14.5. The summed E-state index contributed by atoms with van der Waals surface area (Å²) in [5.41, 5.74) is 7.83. The van der Waals surface area contributed by atoms with E-state index in [1.807, 2.05) is 25.1 Å². The zero-order valence-electron chi connectivity index (χ0n) is 12.1. The van der Waals surface area contributed by atoms with Crippen molar-refractivity contribution in [1.82, 2.24) is 5.32 Å². The van der Waals surface area contributed by atoms with Crippen molar-refractivity contribution in [3.8, 4) is 0 Å². The fourth-order valence-corrected chi connectivity index (χ4v) is 3.27. The lowest BCUT2D eigenvalue weighted by Crippen LogP contribution is -2.27. The lowest BCUT2D eigenvalue weighted by Gasteiger charge is -2.05. The zero-order chi connectivity index (χ0) is 14.8. The van der Waals surface area contributed by atoms with Crippen LogP contribution in [0.1, 0.15) is 28.1 Å². The Hall–Kier alpha value is -1.59.